The standard InChI is InChI=1S/C14H16ClFN4O2/c15-11-7-10(16)1-2-12(11)22-6-5-20-4-3-14(21,9-20)13-8-17-19-18-13/h1-2,7-8,21H,3-6,9H2,(H,17,18,19)/t14-/m1/s1. The van der Waals surface area contributed by atoms with Crippen molar-refractivity contribution in [2.75, 3.05) is 26.2 Å². The van der Waals surface area contributed by atoms with Crippen LogP contribution in [0.25, 0.3) is 0 Å². The number of ether oxygens (including phenoxy) is 1. The second kappa shape index (κ2) is 6.20. The number of β-amino-alcohol motifs (C(OH)–C–C–N with tert-alkyl or cyclic N) is 1. The molecule has 2 heterocycles. The van der Waals surface area contributed by atoms with E-state index in [4.69, 9.17) is 16.3 Å². The van der Waals surface area contributed by atoms with Crippen LogP contribution in [0.3, 0.4) is 0 Å². The van der Waals surface area contributed by atoms with Gasteiger partial charge in [0.2, 0.25) is 0 Å². The molecule has 0 bridgehead atoms. The van der Waals surface area contributed by atoms with E-state index >= 15 is 0 Å². The van der Waals surface area contributed by atoms with Gasteiger partial charge in [0.05, 0.1) is 11.2 Å². The van der Waals surface area contributed by atoms with E-state index in [-0.39, 0.29) is 5.02 Å². The summed E-state index contributed by atoms with van der Waals surface area (Å²) in [6.45, 7) is 2.25. The lowest BCUT2D eigenvalue weighted by molar-refractivity contribution is 0.0403. The van der Waals surface area contributed by atoms with E-state index in [0.717, 1.165) is 6.54 Å². The van der Waals surface area contributed by atoms with Gasteiger partial charge >= 0.3 is 0 Å². The molecule has 6 nitrogen and oxygen atoms in total. The number of hydrogen-bond acceptors (Lipinski definition) is 5. The first-order chi connectivity index (χ1) is 10.6. The summed E-state index contributed by atoms with van der Waals surface area (Å²) in [6.07, 6.45) is 2.13. The number of aliphatic hydroxyl groups is 1. The van der Waals surface area contributed by atoms with E-state index in [1.807, 2.05) is 0 Å². The van der Waals surface area contributed by atoms with Crippen LogP contribution >= 0.6 is 11.6 Å². The number of hydrogen-bond donors (Lipinski definition) is 2. The minimum atomic E-state index is -0.972. The number of likely N-dealkylation sites (tertiary alicyclic amines) is 1. The first kappa shape index (κ1) is 15.2. The van der Waals surface area contributed by atoms with Crippen molar-refractivity contribution in [1.29, 1.82) is 0 Å². The van der Waals surface area contributed by atoms with Gasteiger partial charge in [0, 0.05) is 19.6 Å². The van der Waals surface area contributed by atoms with Gasteiger partial charge in [-0.3, -0.25) is 4.90 Å². The van der Waals surface area contributed by atoms with Crippen molar-refractivity contribution < 1.29 is 14.2 Å². The summed E-state index contributed by atoms with van der Waals surface area (Å²) >= 11 is 5.90. The first-order valence-electron chi connectivity index (χ1n) is 6.96. The molecule has 8 heteroatoms. The number of nitrogens with zero attached hydrogens (tertiary/aromatic N) is 3. The Balaban J connectivity index is 1.51. The normalized spacial score (nSPS) is 22.1. The molecule has 0 spiro atoms. The molecule has 2 aromatic rings. The number of H-pyrrole nitrogens is 1. The number of aromatic amines is 1. The molecule has 3 rings (SSSR count). The topological polar surface area (TPSA) is 74.3 Å². The van der Waals surface area contributed by atoms with E-state index < -0.39 is 11.4 Å². The SMILES string of the molecule is O[C@]1(c2cn[nH]n2)CCN(CCOc2ccc(F)cc2Cl)C1. The third-order valence-corrected chi connectivity index (χ3v) is 4.07. The van der Waals surface area contributed by atoms with E-state index in [1.165, 1.54) is 24.4 Å². The minimum Gasteiger partial charge on any atom is -0.491 e. The van der Waals surface area contributed by atoms with Gasteiger partial charge in [-0.25, -0.2) is 4.39 Å². The number of rotatable bonds is 5. The maximum Gasteiger partial charge on any atom is 0.138 e. The van der Waals surface area contributed by atoms with Crippen LogP contribution in [0.15, 0.2) is 24.4 Å². The number of halogens is 2. The summed E-state index contributed by atoms with van der Waals surface area (Å²) < 4.78 is 18.5. The summed E-state index contributed by atoms with van der Waals surface area (Å²) in [6, 6.07) is 4.03. The molecule has 0 amide bonds. The van der Waals surface area contributed by atoms with Gasteiger partial charge in [-0.05, 0) is 24.6 Å². The Bertz CT molecular complexity index is 640. The Hall–Kier alpha value is -1.70. The van der Waals surface area contributed by atoms with E-state index in [2.05, 4.69) is 20.3 Å². The first-order valence-corrected chi connectivity index (χ1v) is 7.33. The highest BCUT2D eigenvalue weighted by Gasteiger charge is 2.39. The quantitative estimate of drug-likeness (QED) is 0.872. The van der Waals surface area contributed by atoms with Crippen LogP contribution in [0, 0.1) is 5.82 Å². The zero-order chi connectivity index (χ0) is 15.6. The molecule has 22 heavy (non-hydrogen) atoms. The van der Waals surface area contributed by atoms with Crippen molar-refractivity contribution in [3.05, 3.63) is 40.9 Å². The smallest absolute Gasteiger partial charge is 0.138 e. The predicted octanol–water partition coefficient (Wildman–Crippen LogP) is 1.57. The third kappa shape index (κ3) is 3.21. The molecule has 0 saturated carbocycles. The number of benzene rings is 1. The predicted molar refractivity (Wildman–Crippen MR) is 78.2 cm³/mol. The zero-order valence-corrected chi connectivity index (χ0v) is 12.6. The maximum absolute atomic E-state index is 12.9. The summed E-state index contributed by atoms with van der Waals surface area (Å²) in [5.41, 5.74) is -0.418. The molecule has 1 fully saturated rings. The monoisotopic (exact) mass is 326 g/mol. The Labute approximate surface area is 131 Å². The van der Waals surface area contributed by atoms with Gasteiger partial charge in [-0.15, -0.1) is 0 Å². The lowest BCUT2D eigenvalue weighted by atomic mass is 10.0. The Morgan fingerprint density at radius 2 is 2.36 bits per heavy atom. The Morgan fingerprint density at radius 3 is 3.09 bits per heavy atom. The van der Waals surface area contributed by atoms with Crippen molar-refractivity contribution in [2.24, 2.45) is 0 Å². The van der Waals surface area contributed by atoms with Gasteiger partial charge in [-0.1, -0.05) is 11.6 Å². The van der Waals surface area contributed by atoms with Gasteiger partial charge in [0.15, 0.2) is 0 Å². The van der Waals surface area contributed by atoms with Gasteiger partial charge in [-0.2, -0.15) is 15.4 Å². The highest BCUT2D eigenvalue weighted by molar-refractivity contribution is 6.32. The molecule has 0 radical (unpaired) electrons. The highest BCUT2D eigenvalue weighted by Crippen LogP contribution is 2.30. The highest BCUT2D eigenvalue weighted by atomic mass is 35.5. The van der Waals surface area contributed by atoms with Crippen LogP contribution in [0.5, 0.6) is 5.75 Å². The fourth-order valence-corrected chi connectivity index (χ4v) is 2.80. The lowest BCUT2D eigenvalue weighted by Gasteiger charge is -2.21. The minimum absolute atomic E-state index is 0.250. The molecule has 1 atom stereocenters. The van der Waals surface area contributed by atoms with Crippen molar-refractivity contribution >= 4 is 11.6 Å². The van der Waals surface area contributed by atoms with Crippen LogP contribution in [0.2, 0.25) is 5.02 Å². The molecule has 1 aliphatic rings. The molecule has 2 N–H and O–H groups in total. The van der Waals surface area contributed by atoms with Crippen LogP contribution in [-0.4, -0.2) is 51.7 Å². The summed E-state index contributed by atoms with van der Waals surface area (Å²) in [7, 11) is 0. The lowest BCUT2D eigenvalue weighted by Crippen LogP contribution is -2.33. The molecule has 1 aromatic carbocycles. The number of nitrogens with one attached hydrogen (secondary N) is 1. The number of aromatic nitrogens is 3. The van der Waals surface area contributed by atoms with Crippen LogP contribution in [-0.2, 0) is 5.60 Å². The molecule has 1 aliphatic heterocycles. The van der Waals surface area contributed by atoms with Crippen molar-refractivity contribution in [3.8, 4) is 5.75 Å². The van der Waals surface area contributed by atoms with Crippen molar-refractivity contribution in [3.63, 3.8) is 0 Å². The fourth-order valence-electron chi connectivity index (χ4n) is 2.57. The van der Waals surface area contributed by atoms with Gasteiger partial charge < -0.3 is 9.84 Å². The molecule has 118 valence electrons. The molecule has 0 unspecified atom stereocenters. The molecule has 1 saturated heterocycles. The second-order valence-electron chi connectivity index (χ2n) is 5.34. The average molecular weight is 327 g/mol. The molecular formula is C14H16ClFN4O2. The van der Waals surface area contributed by atoms with E-state index in [1.54, 1.807) is 0 Å². The fraction of sp³-hybridized carbons (Fsp3) is 0.429. The van der Waals surface area contributed by atoms with Crippen molar-refractivity contribution in [1.82, 2.24) is 20.3 Å². The van der Waals surface area contributed by atoms with Crippen LogP contribution < -0.4 is 4.74 Å². The largest absolute Gasteiger partial charge is 0.491 e. The molecule has 0 aliphatic carbocycles. The van der Waals surface area contributed by atoms with Gasteiger partial charge in [0.25, 0.3) is 0 Å². The third-order valence-electron chi connectivity index (χ3n) is 3.78. The molecule has 1 aromatic heterocycles. The average Bonchev–Trinajstić information content (AvgIpc) is 3.12. The van der Waals surface area contributed by atoms with Crippen LogP contribution in [0.4, 0.5) is 4.39 Å². The second-order valence-corrected chi connectivity index (χ2v) is 5.74. The summed E-state index contributed by atoms with van der Waals surface area (Å²) in [5, 5.41) is 21.0. The zero-order valence-electron chi connectivity index (χ0n) is 11.8. The van der Waals surface area contributed by atoms with E-state index in [9.17, 15) is 9.50 Å². The van der Waals surface area contributed by atoms with Gasteiger partial charge in [0.1, 0.15) is 29.5 Å². The summed E-state index contributed by atoms with van der Waals surface area (Å²) in [4.78, 5) is 2.08. The Kier molecular flexibility index (Phi) is 4.28. The van der Waals surface area contributed by atoms with E-state index in [0.29, 0.717) is 37.6 Å². The summed E-state index contributed by atoms with van der Waals surface area (Å²) in [5.74, 6) is 0.0589. The Morgan fingerprint density at radius 1 is 1.50 bits per heavy atom. The van der Waals surface area contributed by atoms with Crippen molar-refractivity contribution in [2.45, 2.75) is 12.0 Å². The van der Waals surface area contributed by atoms with Crippen LogP contribution in [0.1, 0.15) is 12.1 Å². The maximum atomic E-state index is 12.9. The molecular weight excluding hydrogens is 311 g/mol.